The molecule has 168 valence electrons. The highest BCUT2D eigenvalue weighted by Crippen LogP contribution is 2.26. The maximum absolute atomic E-state index is 12.9. The van der Waals surface area contributed by atoms with Gasteiger partial charge < -0.3 is 16.4 Å². The van der Waals surface area contributed by atoms with E-state index in [4.69, 9.17) is 11.0 Å². The summed E-state index contributed by atoms with van der Waals surface area (Å²) < 4.78 is 27.5. The number of nitrogens with zero attached hydrogens (tertiary/aromatic N) is 4. The molecule has 0 bridgehead atoms. The second kappa shape index (κ2) is 9.28. The zero-order valence-corrected chi connectivity index (χ0v) is 18.1. The van der Waals surface area contributed by atoms with E-state index in [1.54, 1.807) is 16.6 Å². The van der Waals surface area contributed by atoms with Crippen LogP contribution in [0.15, 0.2) is 36.7 Å². The molecule has 1 atom stereocenters. The van der Waals surface area contributed by atoms with Crippen LogP contribution in [0.5, 0.6) is 0 Å². The summed E-state index contributed by atoms with van der Waals surface area (Å²) in [5.41, 5.74) is 7.19. The number of nitrogens with one attached hydrogen (secondary N) is 2. The van der Waals surface area contributed by atoms with Crippen molar-refractivity contribution >= 4 is 17.1 Å². The Bertz CT molecular complexity index is 1160. The third-order valence-electron chi connectivity index (χ3n) is 4.93. The first kappa shape index (κ1) is 23.1. The summed E-state index contributed by atoms with van der Waals surface area (Å²) in [4.78, 5) is 17.1. The molecule has 0 aliphatic rings. The summed E-state index contributed by atoms with van der Waals surface area (Å²) >= 11 is 0. The van der Waals surface area contributed by atoms with Crippen molar-refractivity contribution in [3.05, 3.63) is 47.8 Å². The van der Waals surface area contributed by atoms with E-state index in [0.717, 1.165) is 5.52 Å². The molecule has 0 aromatic carbocycles. The molecule has 3 aromatic heterocycles. The summed E-state index contributed by atoms with van der Waals surface area (Å²) in [5, 5.41) is 19.2. The lowest BCUT2D eigenvalue weighted by atomic mass is 10.0. The SMILES string of the molecule is CC(C)Nc1cc(-c2ccc3cc(C#N)cnn23)ncc1C(=O)NCCC(C)(N)C(F)F. The molecular weight excluding hydrogens is 416 g/mol. The topological polar surface area (TPSA) is 121 Å². The quantitative estimate of drug-likeness (QED) is 0.494. The van der Waals surface area contributed by atoms with Gasteiger partial charge in [-0.15, -0.1) is 0 Å². The second-order valence-electron chi connectivity index (χ2n) is 8.14. The fourth-order valence-corrected chi connectivity index (χ4v) is 3.11. The molecule has 0 radical (unpaired) electrons. The molecule has 3 aromatic rings. The molecule has 1 amide bonds. The number of fused-ring (bicyclic) bond motifs is 1. The van der Waals surface area contributed by atoms with E-state index >= 15 is 0 Å². The highest BCUT2D eigenvalue weighted by Gasteiger charge is 2.30. The fourth-order valence-electron chi connectivity index (χ4n) is 3.11. The van der Waals surface area contributed by atoms with Crippen LogP contribution in [-0.2, 0) is 0 Å². The lowest BCUT2D eigenvalue weighted by Crippen LogP contribution is -2.46. The first-order valence-electron chi connectivity index (χ1n) is 10.1. The molecule has 0 saturated carbocycles. The van der Waals surface area contributed by atoms with Crippen LogP contribution in [0.4, 0.5) is 14.5 Å². The lowest BCUT2D eigenvalue weighted by Gasteiger charge is -2.23. The summed E-state index contributed by atoms with van der Waals surface area (Å²) in [6.07, 6.45) is 0.151. The monoisotopic (exact) mass is 441 g/mol. The molecule has 0 aliphatic heterocycles. The van der Waals surface area contributed by atoms with Crippen LogP contribution < -0.4 is 16.4 Å². The molecule has 0 fully saturated rings. The van der Waals surface area contributed by atoms with Gasteiger partial charge in [-0.3, -0.25) is 9.78 Å². The predicted molar refractivity (Wildman–Crippen MR) is 117 cm³/mol. The molecule has 32 heavy (non-hydrogen) atoms. The number of nitrogens with two attached hydrogens (primary N) is 1. The Labute approximate surface area is 184 Å². The Morgan fingerprint density at radius 2 is 2.06 bits per heavy atom. The number of nitriles is 1. The third kappa shape index (κ3) is 5.00. The van der Waals surface area contributed by atoms with Crippen molar-refractivity contribution in [2.45, 2.75) is 45.2 Å². The Kier molecular flexibility index (Phi) is 6.69. The lowest BCUT2D eigenvalue weighted by molar-refractivity contribution is 0.0582. The third-order valence-corrected chi connectivity index (χ3v) is 4.93. The van der Waals surface area contributed by atoms with E-state index in [-0.39, 0.29) is 19.0 Å². The van der Waals surface area contributed by atoms with E-state index < -0.39 is 17.9 Å². The van der Waals surface area contributed by atoms with Crippen LogP contribution in [0, 0.1) is 11.3 Å². The minimum Gasteiger partial charge on any atom is -0.382 e. The number of anilines is 1. The number of hydrogen-bond acceptors (Lipinski definition) is 6. The summed E-state index contributed by atoms with van der Waals surface area (Å²) in [6, 6.07) is 9.20. The van der Waals surface area contributed by atoms with Crippen LogP contribution in [0.3, 0.4) is 0 Å². The van der Waals surface area contributed by atoms with Gasteiger partial charge in [-0.25, -0.2) is 13.3 Å². The largest absolute Gasteiger partial charge is 0.382 e. The molecule has 0 aliphatic carbocycles. The Hall–Kier alpha value is -3.58. The molecule has 3 rings (SSSR count). The van der Waals surface area contributed by atoms with E-state index in [0.29, 0.717) is 28.2 Å². The normalized spacial score (nSPS) is 13.2. The smallest absolute Gasteiger partial charge is 0.256 e. The summed E-state index contributed by atoms with van der Waals surface area (Å²) in [5.74, 6) is -0.436. The van der Waals surface area contributed by atoms with Crippen molar-refractivity contribution < 1.29 is 13.6 Å². The van der Waals surface area contributed by atoms with E-state index in [9.17, 15) is 13.6 Å². The van der Waals surface area contributed by atoms with Crippen LogP contribution in [0.25, 0.3) is 16.9 Å². The van der Waals surface area contributed by atoms with Gasteiger partial charge >= 0.3 is 0 Å². The highest BCUT2D eigenvalue weighted by molar-refractivity contribution is 6.00. The minimum absolute atomic E-state index is 0.00747. The van der Waals surface area contributed by atoms with Gasteiger partial charge in [0.1, 0.15) is 6.07 Å². The van der Waals surface area contributed by atoms with Crippen LogP contribution in [0.1, 0.15) is 43.1 Å². The van der Waals surface area contributed by atoms with Gasteiger partial charge in [0.15, 0.2) is 0 Å². The fraction of sp³-hybridized carbons (Fsp3) is 0.364. The van der Waals surface area contributed by atoms with Crippen molar-refractivity contribution in [3.8, 4) is 17.5 Å². The van der Waals surface area contributed by atoms with Gasteiger partial charge in [-0.1, -0.05) is 0 Å². The summed E-state index contributed by atoms with van der Waals surface area (Å²) in [6.45, 7) is 5.12. The van der Waals surface area contributed by atoms with Gasteiger partial charge in [-0.05, 0) is 51.5 Å². The molecule has 8 nitrogen and oxygen atoms in total. The maximum Gasteiger partial charge on any atom is 0.256 e. The predicted octanol–water partition coefficient (Wildman–Crippen LogP) is 3.19. The van der Waals surface area contributed by atoms with E-state index in [1.165, 1.54) is 19.3 Å². The van der Waals surface area contributed by atoms with Gasteiger partial charge in [0, 0.05) is 18.8 Å². The average Bonchev–Trinajstić information content (AvgIpc) is 3.16. The Morgan fingerprint density at radius 1 is 1.31 bits per heavy atom. The maximum atomic E-state index is 12.9. The van der Waals surface area contributed by atoms with Crippen molar-refractivity contribution in [3.63, 3.8) is 0 Å². The van der Waals surface area contributed by atoms with Crippen molar-refractivity contribution in [1.82, 2.24) is 19.9 Å². The number of amides is 1. The van der Waals surface area contributed by atoms with Gasteiger partial charge in [-0.2, -0.15) is 10.4 Å². The van der Waals surface area contributed by atoms with E-state index in [2.05, 4.69) is 26.8 Å². The number of carbonyl (C=O) groups is 1. The molecule has 1 unspecified atom stereocenters. The highest BCUT2D eigenvalue weighted by atomic mass is 19.3. The average molecular weight is 441 g/mol. The molecule has 3 heterocycles. The first-order valence-corrected chi connectivity index (χ1v) is 10.1. The number of carbonyl (C=O) groups excluding carboxylic acids is 1. The van der Waals surface area contributed by atoms with Crippen LogP contribution >= 0.6 is 0 Å². The van der Waals surface area contributed by atoms with Crippen molar-refractivity contribution in [2.75, 3.05) is 11.9 Å². The molecule has 10 heteroatoms. The van der Waals surface area contributed by atoms with Gasteiger partial charge in [0.2, 0.25) is 0 Å². The van der Waals surface area contributed by atoms with Gasteiger partial charge in [0.25, 0.3) is 12.3 Å². The summed E-state index contributed by atoms with van der Waals surface area (Å²) in [7, 11) is 0. The number of pyridine rings is 1. The second-order valence-corrected chi connectivity index (χ2v) is 8.14. The Morgan fingerprint density at radius 3 is 2.72 bits per heavy atom. The Balaban J connectivity index is 1.88. The number of rotatable bonds is 8. The minimum atomic E-state index is -2.69. The zero-order valence-electron chi connectivity index (χ0n) is 18.1. The zero-order chi connectivity index (χ0) is 23.5. The molecular formula is C22H25F2N7O. The van der Waals surface area contributed by atoms with Crippen molar-refractivity contribution in [2.24, 2.45) is 5.73 Å². The van der Waals surface area contributed by atoms with Crippen LogP contribution in [0.2, 0.25) is 0 Å². The van der Waals surface area contributed by atoms with Crippen molar-refractivity contribution in [1.29, 1.82) is 5.26 Å². The molecule has 0 saturated heterocycles. The number of hydrogen-bond donors (Lipinski definition) is 3. The number of halogens is 2. The van der Waals surface area contributed by atoms with Gasteiger partial charge in [0.05, 0.1) is 45.5 Å². The molecule has 0 spiro atoms. The molecule has 4 N–H and O–H groups in total. The first-order chi connectivity index (χ1) is 15.1. The number of aromatic nitrogens is 3. The standard InChI is InChI=1S/C22H25F2N7O/c1-13(2)30-17-9-18(19-5-4-15-8-14(10-25)11-29-31(15)19)28-12-16(17)20(32)27-7-6-22(3,26)21(23)24/h4-5,8-9,11-13,21H,6-7,26H2,1-3H3,(H,27,32)(H,28,30). The van der Waals surface area contributed by atoms with E-state index in [1.807, 2.05) is 26.0 Å². The van der Waals surface area contributed by atoms with Crippen LogP contribution in [-0.4, -0.2) is 45.1 Å². The number of alkyl halides is 2.